The maximum absolute atomic E-state index is 12.4. The van der Waals surface area contributed by atoms with E-state index in [-0.39, 0.29) is 34.1 Å². The van der Waals surface area contributed by atoms with Crippen LogP contribution in [0.5, 0.6) is 0 Å². The number of carbonyl (C=O) groups excluding carboxylic acids is 2. The number of benzene rings is 1. The smallest absolute Gasteiger partial charge is 0.254 e. The molecule has 20 heavy (non-hydrogen) atoms. The summed E-state index contributed by atoms with van der Waals surface area (Å²) in [7, 11) is 1.73. The molecule has 0 spiro atoms. The van der Waals surface area contributed by atoms with Crippen molar-refractivity contribution in [1.82, 2.24) is 9.80 Å². The molecule has 0 bridgehead atoms. The molecule has 1 aliphatic rings. The fourth-order valence-electron chi connectivity index (χ4n) is 2.08. The molecule has 0 aromatic heterocycles. The van der Waals surface area contributed by atoms with Crippen LogP contribution in [0.4, 0.5) is 5.69 Å². The summed E-state index contributed by atoms with van der Waals surface area (Å²) in [6.45, 7) is 1.23. The molecule has 0 saturated carbocycles. The maximum atomic E-state index is 12.4. The molecular weight excluding hydrogens is 301 g/mol. The van der Waals surface area contributed by atoms with Gasteiger partial charge in [-0.25, -0.2) is 0 Å². The minimum absolute atomic E-state index is 0.0650. The van der Waals surface area contributed by atoms with Gasteiger partial charge in [0.15, 0.2) is 0 Å². The molecule has 7 heteroatoms. The lowest BCUT2D eigenvalue weighted by Crippen LogP contribution is -2.38. The number of anilines is 1. The van der Waals surface area contributed by atoms with Crippen molar-refractivity contribution in [3.8, 4) is 0 Å². The highest BCUT2D eigenvalue weighted by Gasteiger charge is 2.24. The van der Waals surface area contributed by atoms with Crippen LogP contribution in [0.2, 0.25) is 10.0 Å². The van der Waals surface area contributed by atoms with Gasteiger partial charge >= 0.3 is 0 Å². The normalized spacial score (nSPS) is 16.2. The van der Waals surface area contributed by atoms with E-state index in [1.807, 2.05) is 0 Å². The summed E-state index contributed by atoms with van der Waals surface area (Å²) < 4.78 is 0. The summed E-state index contributed by atoms with van der Waals surface area (Å²) in [5.41, 5.74) is 6.30. The summed E-state index contributed by atoms with van der Waals surface area (Å²) >= 11 is 11.8. The summed E-state index contributed by atoms with van der Waals surface area (Å²) in [4.78, 5) is 27.4. The Morgan fingerprint density at radius 1 is 1.30 bits per heavy atom. The molecule has 2 amide bonds. The van der Waals surface area contributed by atoms with Gasteiger partial charge in [-0.05, 0) is 18.6 Å². The predicted octanol–water partition coefficient (Wildman–Crippen LogP) is 1.88. The van der Waals surface area contributed by atoms with Crippen molar-refractivity contribution < 1.29 is 9.59 Å². The number of halogens is 2. The molecule has 1 aromatic rings. The van der Waals surface area contributed by atoms with Crippen molar-refractivity contribution >= 4 is 40.7 Å². The third kappa shape index (κ3) is 2.99. The number of nitrogens with zero attached hydrogens (tertiary/aromatic N) is 2. The van der Waals surface area contributed by atoms with Crippen molar-refractivity contribution in [2.24, 2.45) is 0 Å². The average Bonchev–Trinajstić information content (AvgIpc) is 2.57. The molecule has 0 radical (unpaired) electrons. The average molecular weight is 316 g/mol. The molecule has 0 unspecified atom stereocenters. The fraction of sp³-hybridized carbons (Fsp3) is 0.385. The highest BCUT2D eigenvalue weighted by atomic mass is 35.5. The standard InChI is InChI=1S/C13H15Cl2N3O2/c1-17-3-2-4-18(7-11(17)19)13(20)8-5-9(14)12(15)10(16)6-8/h5-6H,2-4,7,16H2,1H3. The van der Waals surface area contributed by atoms with Gasteiger partial charge in [0.25, 0.3) is 5.91 Å². The number of hydrogen-bond acceptors (Lipinski definition) is 3. The SMILES string of the molecule is CN1CCCN(C(=O)c2cc(N)c(Cl)c(Cl)c2)CC1=O. The van der Waals surface area contributed by atoms with Crippen LogP contribution in [0, 0.1) is 0 Å². The molecule has 1 aromatic carbocycles. The Hall–Kier alpha value is -1.46. The van der Waals surface area contributed by atoms with Gasteiger partial charge in [-0.1, -0.05) is 23.2 Å². The highest BCUT2D eigenvalue weighted by Crippen LogP contribution is 2.30. The summed E-state index contributed by atoms with van der Waals surface area (Å²) in [5.74, 6) is -0.345. The first-order valence-electron chi connectivity index (χ1n) is 6.18. The number of carbonyl (C=O) groups is 2. The first-order chi connectivity index (χ1) is 9.40. The van der Waals surface area contributed by atoms with Crippen LogP contribution in [0.3, 0.4) is 0 Å². The Labute approximate surface area is 127 Å². The predicted molar refractivity (Wildman–Crippen MR) is 79.0 cm³/mol. The molecule has 1 fully saturated rings. The van der Waals surface area contributed by atoms with E-state index < -0.39 is 0 Å². The van der Waals surface area contributed by atoms with Gasteiger partial charge in [-0.3, -0.25) is 9.59 Å². The summed E-state index contributed by atoms with van der Waals surface area (Å²) in [6.07, 6.45) is 0.741. The van der Waals surface area contributed by atoms with Gasteiger partial charge < -0.3 is 15.5 Å². The van der Waals surface area contributed by atoms with Gasteiger partial charge in [-0.15, -0.1) is 0 Å². The lowest BCUT2D eigenvalue weighted by molar-refractivity contribution is -0.129. The molecule has 1 aliphatic heterocycles. The van der Waals surface area contributed by atoms with E-state index in [2.05, 4.69) is 0 Å². The number of likely N-dealkylation sites (N-methyl/N-ethyl adjacent to an activating group) is 1. The van der Waals surface area contributed by atoms with Crippen LogP contribution in [0.1, 0.15) is 16.8 Å². The van der Waals surface area contributed by atoms with Crippen LogP contribution >= 0.6 is 23.2 Å². The first-order valence-corrected chi connectivity index (χ1v) is 6.93. The second kappa shape index (κ2) is 5.89. The van der Waals surface area contributed by atoms with Crippen molar-refractivity contribution in [3.05, 3.63) is 27.7 Å². The van der Waals surface area contributed by atoms with Gasteiger partial charge in [-0.2, -0.15) is 0 Å². The van der Waals surface area contributed by atoms with Gasteiger partial charge in [0.05, 0.1) is 15.7 Å². The topological polar surface area (TPSA) is 66.6 Å². The van der Waals surface area contributed by atoms with Crippen LogP contribution in [-0.2, 0) is 4.79 Å². The Kier molecular flexibility index (Phi) is 4.40. The van der Waals surface area contributed by atoms with E-state index in [1.54, 1.807) is 11.9 Å². The first kappa shape index (κ1) is 14.9. The van der Waals surface area contributed by atoms with Crippen LogP contribution in [-0.4, -0.2) is 48.3 Å². The van der Waals surface area contributed by atoms with Crippen molar-refractivity contribution in [1.29, 1.82) is 0 Å². The number of nitrogens with two attached hydrogens (primary N) is 1. The number of hydrogen-bond donors (Lipinski definition) is 1. The third-order valence-electron chi connectivity index (χ3n) is 3.26. The molecule has 2 rings (SSSR count). The molecule has 5 nitrogen and oxygen atoms in total. The molecule has 0 aliphatic carbocycles. The Morgan fingerprint density at radius 3 is 2.65 bits per heavy atom. The maximum Gasteiger partial charge on any atom is 0.254 e. The van der Waals surface area contributed by atoms with E-state index in [1.165, 1.54) is 17.0 Å². The van der Waals surface area contributed by atoms with Crippen LogP contribution < -0.4 is 5.73 Å². The van der Waals surface area contributed by atoms with Gasteiger partial charge in [0.2, 0.25) is 5.91 Å². The molecule has 0 atom stereocenters. The quantitative estimate of drug-likeness (QED) is 0.805. The number of amides is 2. The summed E-state index contributed by atoms with van der Waals surface area (Å²) in [5, 5.41) is 0.461. The van der Waals surface area contributed by atoms with Crippen LogP contribution in [0.25, 0.3) is 0 Å². The van der Waals surface area contributed by atoms with Gasteiger partial charge in [0.1, 0.15) is 6.54 Å². The number of rotatable bonds is 1. The van der Waals surface area contributed by atoms with E-state index in [4.69, 9.17) is 28.9 Å². The number of nitrogen functional groups attached to an aromatic ring is 1. The second-order valence-corrected chi connectivity index (χ2v) is 5.54. The summed E-state index contributed by atoms with van der Waals surface area (Å²) in [6, 6.07) is 2.96. The largest absolute Gasteiger partial charge is 0.397 e. The molecule has 2 N–H and O–H groups in total. The van der Waals surface area contributed by atoms with E-state index in [0.717, 1.165) is 6.42 Å². The Morgan fingerprint density at radius 2 is 2.00 bits per heavy atom. The molecule has 1 saturated heterocycles. The molecule has 1 heterocycles. The van der Waals surface area contributed by atoms with Crippen LogP contribution in [0.15, 0.2) is 12.1 Å². The minimum Gasteiger partial charge on any atom is -0.397 e. The zero-order valence-corrected chi connectivity index (χ0v) is 12.5. The van der Waals surface area contributed by atoms with E-state index >= 15 is 0 Å². The monoisotopic (exact) mass is 315 g/mol. The van der Waals surface area contributed by atoms with Crippen molar-refractivity contribution in [2.45, 2.75) is 6.42 Å². The Bertz CT molecular complexity index is 540. The zero-order chi connectivity index (χ0) is 14.9. The third-order valence-corrected chi connectivity index (χ3v) is 4.08. The van der Waals surface area contributed by atoms with Gasteiger partial charge in [0, 0.05) is 25.7 Å². The fourth-order valence-corrected chi connectivity index (χ4v) is 2.41. The Balaban J connectivity index is 2.25. The minimum atomic E-state index is -0.265. The molecular formula is C13H15Cl2N3O2. The lowest BCUT2D eigenvalue weighted by atomic mass is 10.1. The molecule has 108 valence electrons. The van der Waals surface area contributed by atoms with Crippen molar-refractivity contribution in [2.75, 3.05) is 32.4 Å². The highest BCUT2D eigenvalue weighted by molar-refractivity contribution is 6.43. The van der Waals surface area contributed by atoms with E-state index in [0.29, 0.717) is 18.7 Å². The zero-order valence-electron chi connectivity index (χ0n) is 11.0. The van der Waals surface area contributed by atoms with E-state index in [9.17, 15) is 9.59 Å². The van der Waals surface area contributed by atoms with Crippen molar-refractivity contribution in [3.63, 3.8) is 0 Å². The lowest BCUT2D eigenvalue weighted by Gasteiger charge is -2.20. The second-order valence-electron chi connectivity index (χ2n) is 4.76.